The lowest BCUT2D eigenvalue weighted by Gasteiger charge is -2.21. The van der Waals surface area contributed by atoms with Crippen LogP contribution in [-0.4, -0.2) is 12.1 Å². The summed E-state index contributed by atoms with van der Waals surface area (Å²) >= 11 is 0. The molecule has 0 unspecified atom stereocenters. The zero-order valence-electron chi connectivity index (χ0n) is 8.44. The monoisotopic (exact) mass is 274 g/mol. The molecule has 0 aromatic heterocycles. The molecule has 0 aliphatic rings. The first kappa shape index (κ1) is 14.3. The third kappa shape index (κ3) is 2.93. The van der Waals surface area contributed by atoms with Crippen molar-refractivity contribution >= 4 is 0 Å². The first-order valence-corrected chi connectivity index (χ1v) is 4.39. The standard InChI is InChI=1S/C10H5F7O/c11-8(12)7(9(13,14)10(15,16)17)18-6-4-2-1-3-5-6/h1-5H. The summed E-state index contributed by atoms with van der Waals surface area (Å²) in [7, 11) is 0. The summed E-state index contributed by atoms with van der Waals surface area (Å²) in [5.41, 5.74) is 0. The molecule has 0 heterocycles. The third-order valence-electron chi connectivity index (χ3n) is 1.78. The fourth-order valence-corrected chi connectivity index (χ4v) is 0.956. The van der Waals surface area contributed by atoms with Crippen LogP contribution < -0.4 is 4.74 Å². The Morgan fingerprint density at radius 2 is 1.39 bits per heavy atom. The first-order valence-electron chi connectivity index (χ1n) is 4.39. The average molecular weight is 274 g/mol. The van der Waals surface area contributed by atoms with Crippen molar-refractivity contribution in [2.45, 2.75) is 12.1 Å². The molecule has 0 amide bonds. The van der Waals surface area contributed by atoms with Gasteiger partial charge >= 0.3 is 18.2 Å². The number of para-hydroxylation sites is 1. The van der Waals surface area contributed by atoms with E-state index in [4.69, 9.17) is 0 Å². The van der Waals surface area contributed by atoms with E-state index in [-0.39, 0.29) is 0 Å². The van der Waals surface area contributed by atoms with Crippen molar-refractivity contribution in [2.24, 2.45) is 0 Å². The summed E-state index contributed by atoms with van der Waals surface area (Å²) in [5.74, 6) is -9.03. The molecule has 100 valence electrons. The lowest BCUT2D eigenvalue weighted by molar-refractivity contribution is -0.274. The molecule has 0 aliphatic heterocycles. The highest BCUT2D eigenvalue weighted by atomic mass is 19.4. The summed E-state index contributed by atoms with van der Waals surface area (Å²) < 4.78 is 89.6. The number of allylic oxidation sites excluding steroid dienone is 1. The minimum absolute atomic E-state index is 0.552. The van der Waals surface area contributed by atoms with E-state index in [2.05, 4.69) is 4.74 Å². The Labute approximate surface area is 96.5 Å². The second-order valence-corrected chi connectivity index (χ2v) is 3.08. The van der Waals surface area contributed by atoms with Crippen molar-refractivity contribution in [3.05, 3.63) is 42.2 Å². The molecule has 0 fully saturated rings. The number of halogens is 7. The van der Waals surface area contributed by atoms with Gasteiger partial charge in [-0.3, -0.25) is 0 Å². The van der Waals surface area contributed by atoms with E-state index in [1.54, 1.807) is 0 Å². The number of benzene rings is 1. The van der Waals surface area contributed by atoms with Crippen molar-refractivity contribution < 1.29 is 35.5 Å². The zero-order valence-corrected chi connectivity index (χ0v) is 8.44. The molecule has 0 aliphatic carbocycles. The maximum Gasteiger partial charge on any atom is 0.461 e. The number of rotatable bonds is 3. The largest absolute Gasteiger partial charge is 0.461 e. The molecule has 1 aromatic rings. The summed E-state index contributed by atoms with van der Waals surface area (Å²) in [4.78, 5) is 0. The molecular formula is C10H5F7O. The van der Waals surface area contributed by atoms with Crippen LogP contribution in [0.4, 0.5) is 30.7 Å². The van der Waals surface area contributed by atoms with Crippen LogP contribution in [0.1, 0.15) is 0 Å². The van der Waals surface area contributed by atoms with Crippen LogP contribution >= 0.6 is 0 Å². The molecule has 0 spiro atoms. The van der Waals surface area contributed by atoms with Crippen molar-refractivity contribution in [3.8, 4) is 5.75 Å². The Morgan fingerprint density at radius 1 is 0.889 bits per heavy atom. The van der Waals surface area contributed by atoms with Gasteiger partial charge in [0.15, 0.2) is 0 Å². The predicted octanol–water partition coefficient (Wildman–Crippen LogP) is 4.37. The van der Waals surface area contributed by atoms with Gasteiger partial charge < -0.3 is 4.74 Å². The minimum Gasteiger partial charge on any atom is -0.449 e. The van der Waals surface area contributed by atoms with E-state index in [9.17, 15) is 30.7 Å². The molecule has 0 N–H and O–H groups in total. The summed E-state index contributed by atoms with van der Waals surface area (Å²) in [6, 6.07) is 5.80. The topological polar surface area (TPSA) is 9.23 Å². The van der Waals surface area contributed by atoms with Crippen molar-refractivity contribution in [1.29, 1.82) is 0 Å². The third-order valence-corrected chi connectivity index (χ3v) is 1.78. The van der Waals surface area contributed by atoms with Crippen LogP contribution in [0.15, 0.2) is 42.2 Å². The van der Waals surface area contributed by atoms with E-state index >= 15 is 0 Å². The quantitative estimate of drug-likeness (QED) is 0.587. The van der Waals surface area contributed by atoms with Gasteiger partial charge in [-0.15, -0.1) is 0 Å². The van der Waals surface area contributed by atoms with Crippen LogP contribution in [0.3, 0.4) is 0 Å². The van der Waals surface area contributed by atoms with Gasteiger partial charge in [-0.05, 0) is 12.1 Å². The zero-order chi connectivity index (χ0) is 14.0. The molecule has 0 bridgehead atoms. The lowest BCUT2D eigenvalue weighted by atomic mass is 10.2. The molecule has 1 nitrogen and oxygen atoms in total. The minimum atomic E-state index is -6.17. The molecule has 0 saturated heterocycles. The Hall–Kier alpha value is -1.73. The van der Waals surface area contributed by atoms with Crippen LogP contribution in [-0.2, 0) is 0 Å². The number of alkyl halides is 5. The van der Waals surface area contributed by atoms with Crippen LogP contribution in [0.2, 0.25) is 0 Å². The van der Waals surface area contributed by atoms with Gasteiger partial charge in [-0.1, -0.05) is 18.2 Å². The molecule has 0 atom stereocenters. The van der Waals surface area contributed by atoms with Gasteiger partial charge in [0.25, 0.3) is 0 Å². The molecule has 1 rings (SSSR count). The number of ether oxygens (including phenoxy) is 1. The maximum absolute atomic E-state index is 12.7. The smallest absolute Gasteiger partial charge is 0.449 e. The Morgan fingerprint density at radius 3 is 1.78 bits per heavy atom. The van der Waals surface area contributed by atoms with E-state index in [0.29, 0.717) is 0 Å². The average Bonchev–Trinajstić information content (AvgIpc) is 2.25. The SMILES string of the molecule is FC(F)=C(Oc1ccccc1)C(F)(F)C(F)(F)F. The molecule has 18 heavy (non-hydrogen) atoms. The van der Waals surface area contributed by atoms with E-state index in [1.165, 1.54) is 18.2 Å². The first-order chi connectivity index (χ1) is 8.16. The van der Waals surface area contributed by atoms with Crippen molar-refractivity contribution in [1.82, 2.24) is 0 Å². The highest BCUT2D eigenvalue weighted by Crippen LogP contribution is 2.43. The molecule has 1 aromatic carbocycles. The Bertz CT molecular complexity index is 431. The van der Waals surface area contributed by atoms with Gasteiger partial charge in [-0.2, -0.15) is 30.7 Å². The second-order valence-electron chi connectivity index (χ2n) is 3.08. The van der Waals surface area contributed by atoms with Gasteiger partial charge in [0.1, 0.15) is 5.75 Å². The predicted molar refractivity (Wildman–Crippen MR) is 47.3 cm³/mol. The fourth-order valence-electron chi connectivity index (χ4n) is 0.956. The van der Waals surface area contributed by atoms with Crippen LogP contribution in [0.25, 0.3) is 0 Å². The number of hydrogen-bond acceptors (Lipinski definition) is 1. The Balaban J connectivity index is 3.11. The maximum atomic E-state index is 12.7. The van der Waals surface area contributed by atoms with Gasteiger partial charge in [0.05, 0.1) is 0 Å². The molecular weight excluding hydrogens is 269 g/mol. The molecule has 0 radical (unpaired) electrons. The summed E-state index contributed by atoms with van der Waals surface area (Å²) in [6.45, 7) is 0. The fraction of sp³-hybridized carbons (Fsp3) is 0.200. The van der Waals surface area contributed by atoms with Crippen LogP contribution in [0.5, 0.6) is 5.75 Å². The van der Waals surface area contributed by atoms with Gasteiger partial charge in [-0.25, -0.2) is 0 Å². The molecule has 0 saturated carbocycles. The highest BCUT2D eigenvalue weighted by molar-refractivity contribution is 5.25. The lowest BCUT2D eigenvalue weighted by Crippen LogP contribution is -2.40. The van der Waals surface area contributed by atoms with E-state index in [1.807, 2.05) is 0 Å². The van der Waals surface area contributed by atoms with Crippen LogP contribution in [0, 0.1) is 0 Å². The second kappa shape index (κ2) is 4.87. The molecule has 8 heteroatoms. The number of hydrogen-bond donors (Lipinski definition) is 0. The van der Waals surface area contributed by atoms with E-state index < -0.39 is 29.7 Å². The van der Waals surface area contributed by atoms with Crippen molar-refractivity contribution in [2.75, 3.05) is 0 Å². The van der Waals surface area contributed by atoms with E-state index in [0.717, 1.165) is 12.1 Å². The van der Waals surface area contributed by atoms with Gasteiger partial charge in [0, 0.05) is 0 Å². The normalized spacial score (nSPS) is 12.2. The van der Waals surface area contributed by atoms with Crippen molar-refractivity contribution in [3.63, 3.8) is 0 Å². The summed E-state index contributed by atoms with van der Waals surface area (Å²) in [5, 5.41) is 0. The van der Waals surface area contributed by atoms with Gasteiger partial charge in [0.2, 0.25) is 5.76 Å². The Kier molecular flexibility index (Phi) is 3.88. The summed E-state index contributed by atoms with van der Waals surface area (Å²) in [6.07, 6.45) is -9.40. The highest BCUT2D eigenvalue weighted by Gasteiger charge is 2.63.